The second-order valence-corrected chi connectivity index (χ2v) is 17.2. The van der Waals surface area contributed by atoms with E-state index >= 15 is 0 Å². The normalized spacial score (nSPS) is 12.9. The van der Waals surface area contributed by atoms with Gasteiger partial charge < -0.3 is 4.42 Å². The highest BCUT2D eigenvalue weighted by atomic mass is 32.1. The average molecular weight is 801 g/mol. The van der Waals surface area contributed by atoms with Crippen LogP contribution in [0.5, 0.6) is 0 Å². The van der Waals surface area contributed by atoms with Gasteiger partial charge in [-0.1, -0.05) is 178 Å². The number of benzene rings is 8. The van der Waals surface area contributed by atoms with Crippen LogP contribution in [-0.2, 0) is 5.41 Å². The molecule has 0 N–H and O–H groups in total. The van der Waals surface area contributed by atoms with E-state index in [0.29, 0.717) is 17.5 Å². The van der Waals surface area contributed by atoms with Crippen LogP contribution in [-0.4, -0.2) is 19.9 Å². The van der Waals surface area contributed by atoms with Crippen LogP contribution in [0, 0.1) is 0 Å². The van der Waals surface area contributed by atoms with E-state index < -0.39 is 0 Å². The maximum absolute atomic E-state index is 7.01. The average Bonchev–Trinajstić information content (AvgIpc) is 4.00. The number of thiazole rings is 1. The number of rotatable bonds is 6. The Balaban J connectivity index is 0.950. The first-order valence-corrected chi connectivity index (χ1v) is 21.4. The Bertz CT molecular complexity index is 3440. The summed E-state index contributed by atoms with van der Waals surface area (Å²) in [6.45, 7) is 4.68. The number of para-hydroxylation sites is 2. The minimum absolute atomic E-state index is 0.246. The van der Waals surface area contributed by atoms with Gasteiger partial charge in [-0.3, -0.25) is 0 Å². The van der Waals surface area contributed by atoms with Crippen molar-refractivity contribution in [1.82, 2.24) is 19.9 Å². The van der Waals surface area contributed by atoms with Crippen molar-refractivity contribution in [3.05, 3.63) is 193 Å². The Morgan fingerprint density at radius 3 is 1.54 bits per heavy atom. The van der Waals surface area contributed by atoms with E-state index in [0.717, 1.165) is 77.0 Å². The molecular formula is C55H36N4OS. The lowest BCUT2D eigenvalue weighted by atomic mass is 9.81. The molecule has 1 aliphatic carbocycles. The van der Waals surface area contributed by atoms with Crippen molar-refractivity contribution in [2.75, 3.05) is 0 Å². The van der Waals surface area contributed by atoms with Crippen molar-refractivity contribution in [3.8, 4) is 78.1 Å². The molecule has 1 aliphatic rings. The van der Waals surface area contributed by atoms with Gasteiger partial charge in [0.1, 0.15) is 16.2 Å². The number of aromatic nitrogens is 4. The molecular weight excluding hydrogens is 765 g/mol. The van der Waals surface area contributed by atoms with Crippen molar-refractivity contribution in [2.45, 2.75) is 19.3 Å². The van der Waals surface area contributed by atoms with E-state index in [1.807, 2.05) is 60.7 Å². The number of hydrogen-bond donors (Lipinski definition) is 0. The van der Waals surface area contributed by atoms with Gasteiger partial charge in [-0.05, 0) is 51.6 Å². The van der Waals surface area contributed by atoms with E-state index in [4.69, 9.17) is 24.4 Å². The van der Waals surface area contributed by atoms with Crippen molar-refractivity contribution >= 4 is 43.5 Å². The SMILES string of the molecule is CC1(C)c2cc(-c3cccc4c3oc3c(-c5cccc(-c6nc(-c7ccccc7)nc(-c7ccccc7)n6)c5)cccc34)ccc2-c2ccc3sc(-c4ccccc4)nc3c21. The standard InChI is InChI=1S/C55H36N4OS/c1-55(2)45-32-37(27-28-41(45)42-29-30-46-48(47(42)55)56-54(61-46)35-19-10-5-11-20-35)40-24-14-26-44-43-25-13-23-39(49(43)60-50(40)44)36-21-12-22-38(31-36)53-58-51(33-15-6-3-7-16-33)57-52(59-53)34-17-8-4-9-18-34/h3-32H,1-2H3. The molecule has 61 heavy (non-hydrogen) atoms. The van der Waals surface area contributed by atoms with Gasteiger partial charge in [0.25, 0.3) is 0 Å². The fraction of sp³-hybridized carbons (Fsp3) is 0.0545. The summed E-state index contributed by atoms with van der Waals surface area (Å²) in [5.41, 5.74) is 15.9. The van der Waals surface area contributed by atoms with E-state index in [9.17, 15) is 0 Å². The molecule has 0 amide bonds. The molecule has 0 saturated carbocycles. The summed E-state index contributed by atoms with van der Waals surface area (Å²) in [6.07, 6.45) is 0. The summed E-state index contributed by atoms with van der Waals surface area (Å²) < 4.78 is 8.23. The highest BCUT2D eigenvalue weighted by Gasteiger charge is 2.38. The smallest absolute Gasteiger partial charge is 0.164 e. The number of furan rings is 1. The maximum atomic E-state index is 7.01. The Labute approximate surface area is 356 Å². The molecule has 11 aromatic rings. The molecule has 0 aliphatic heterocycles. The predicted molar refractivity (Wildman–Crippen MR) is 250 cm³/mol. The van der Waals surface area contributed by atoms with Crippen molar-refractivity contribution in [1.29, 1.82) is 0 Å². The molecule has 12 rings (SSSR count). The van der Waals surface area contributed by atoms with Gasteiger partial charge in [0.15, 0.2) is 17.5 Å². The third-order valence-corrected chi connectivity index (χ3v) is 13.2. The lowest BCUT2D eigenvalue weighted by Gasteiger charge is -2.22. The van der Waals surface area contributed by atoms with Crippen LogP contribution in [0.1, 0.15) is 25.0 Å². The van der Waals surface area contributed by atoms with Crippen molar-refractivity contribution in [2.24, 2.45) is 0 Å². The molecule has 0 fully saturated rings. The Hall–Kier alpha value is -7.54. The number of nitrogens with zero attached hydrogens (tertiary/aromatic N) is 4. The zero-order valence-corrected chi connectivity index (χ0v) is 34.2. The van der Waals surface area contributed by atoms with Crippen molar-refractivity contribution in [3.63, 3.8) is 0 Å². The molecule has 8 aromatic carbocycles. The number of hydrogen-bond acceptors (Lipinski definition) is 6. The first-order chi connectivity index (χ1) is 30.0. The zero-order valence-electron chi connectivity index (χ0n) is 33.4. The molecule has 0 spiro atoms. The lowest BCUT2D eigenvalue weighted by Crippen LogP contribution is -2.15. The zero-order chi connectivity index (χ0) is 40.7. The van der Waals surface area contributed by atoms with Crippen LogP contribution < -0.4 is 0 Å². The topological polar surface area (TPSA) is 64.7 Å². The quantitative estimate of drug-likeness (QED) is 0.168. The number of fused-ring (bicyclic) bond motifs is 8. The van der Waals surface area contributed by atoms with Crippen LogP contribution >= 0.6 is 11.3 Å². The van der Waals surface area contributed by atoms with E-state index in [1.54, 1.807) is 11.3 Å². The van der Waals surface area contributed by atoms with E-state index in [2.05, 4.69) is 135 Å². The van der Waals surface area contributed by atoms with Gasteiger partial charge in [0, 0.05) is 49.6 Å². The molecule has 0 bridgehead atoms. The highest BCUT2D eigenvalue weighted by Crippen LogP contribution is 2.53. The van der Waals surface area contributed by atoms with E-state index in [-0.39, 0.29) is 5.41 Å². The molecule has 3 aromatic heterocycles. The Morgan fingerprint density at radius 1 is 0.410 bits per heavy atom. The van der Waals surface area contributed by atoms with Crippen LogP contribution in [0.4, 0.5) is 0 Å². The van der Waals surface area contributed by atoms with Crippen LogP contribution in [0.2, 0.25) is 0 Å². The third-order valence-electron chi connectivity index (χ3n) is 12.2. The van der Waals surface area contributed by atoms with Crippen LogP contribution in [0.15, 0.2) is 186 Å². The van der Waals surface area contributed by atoms with Gasteiger partial charge in [-0.15, -0.1) is 11.3 Å². The first kappa shape index (κ1) is 35.4. The molecule has 288 valence electrons. The molecule has 5 nitrogen and oxygen atoms in total. The molecule has 0 atom stereocenters. The van der Waals surface area contributed by atoms with Gasteiger partial charge >= 0.3 is 0 Å². The minimum atomic E-state index is -0.246. The summed E-state index contributed by atoms with van der Waals surface area (Å²) in [5.74, 6) is 1.88. The highest BCUT2D eigenvalue weighted by molar-refractivity contribution is 7.21. The summed E-state index contributed by atoms with van der Waals surface area (Å²) in [6, 6.07) is 63.4. The van der Waals surface area contributed by atoms with Gasteiger partial charge in [0.2, 0.25) is 0 Å². The summed E-state index contributed by atoms with van der Waals surface area (Å²) in [7, 11) is 0. The van der Waals surface area contributed by atoms with Crippen molar-refractivity contribution < 1.29 is 4.42 Å². The Morgan fingerprint density at radius 2 is 0.918 bits per heavy atom. The molecule has 0 radical (unpaired) electrons. The molecule has 6 heteroatoms. The largest absolute Gasteiger partial charge is 0.455 e. The fourth-order valence-corrected chi connectivity index (χ4v) is 10.2. The second kappa shape index (κ2) is 13.8. The predicted octanol–water partition coefficient (Wildman–Crippen LogP) is 14.7. The Kier molecular flexibility index (Phi) is 7.99. The van der Waals surface area contributed by atoms with Gasteiger partial charge in [0.05, 0.1) is 10.2 Å². The second-order valence-electron chi connectivity index (χ2n) is 16.2. The summed E-state index contributed by atoms with van der Waals surface area (Å²) in [5, 5.41) is 3.22. The summed E-state index contributed by atoms with van der Waals surface area (Å²) >= 11 is 1.77. The third kappa shape index (κ3) is 5.75. The first-order valence-electron chi connectivity index (χ1n) is 20.5. The van der Waals surface area contributed by atoms with Gasteiger partial charge in [-0.25, -0.2) is 19.9 Å². The monoisotopic (exact) mass is 800 g/mol. The van der Waals surface area contributed by atoms with Crippen LogP contribution in [0.25, 0.3) is 110 Å². The fourth-order valence-electron chi connectivity index (χ4n) is 9.19. The molecule has 0 saturated heterocycles. The molecule has 0 unspecified atom stereocenters. The van der Waals surface area contributed by atoms with E-state index in [1.165, 1.54) is 27.0 Å². The maximum Gasteiger partial charge on any atom is 0.164 e. The molecule has 3 heterocycles. The lowest BCUT2D eigenvalue weighted by molar-refractivity contribution is 0.664. The van der Waals surface area contributed by atoms with Gasteiger partial charge in [-0.2, -0.15) is 0 Å². The minimum Gasteiger partial charge on any atom is -0.455 e. The summed E-state index contributed by atoms with van der Waals surface area (Å²) in [4.78, 5) is 20.2. The van der Waals surface area contributed by atoms with Crippen LogP contribution in [0.3, 0.4) is 0 Å².